The van der Waals surface area contributed by atoms with Gasteiger partial charge in [-0.25, -0.2) is 0 Å². The highest BCUT2D eigenvalue weighted by molar-refractivity contribution is 6.31. The highest BCUT2D eigenvalue weighted by Gasteiger charge is 2.28. The molecule has 2 aromatic rings. The summed E-state index contributed by atoms with van der Waals surface area (Å²) in [5.41, 5.74) is 1.80. The number of carbonyl (C=O) groups is 2. The Morgan fingerprint density at radius 3 is 2.43 bits per heavy atom. The van der Waals surface area contributed by atoms with Crippen LogP contribution in [0, 0.1) is 0 Å². The fraction of sp³-hybridized carbons (Fsp3) is 0.500. The summed E-state index contributed by atoms with van der Waals surface area (Å²) in [7, 11) is 0. The summed E-state index contributed by atoms with van der Waals surface area (Å²) in [6.07, 6.45) is 5.06. The van der Waals surface area contributed by atoms with E-state index < -0.39 is 6.04 Å². The Bertz CT molecular complexity index is 991. The zero-order valence-corrected chi connectivity index (χ0v) is 21.8. The highest BCUT2D eigenvalue weighted by atomic mass is 35.5. The molecule has 0 saturated heterocycles. The number of amides is 2. The summed E-state index contributed by atoms with van der Waals surface area (Å²) in [4.78, 5) is 28.1. The van der Waals surface area contributed by atoms with Crippen LogP contribution in [0.5, 0.6) is 11.5 Å². The predicted octanol–water partition coefficient (Wildman–Crippen LogP) is 5.55. The van der Waals surface area contributed by atoms with Gasteiger partial charge in [0.05, 0.1) is 13.2 Å². The number of aryl methyl sites for hydroxylation is 1. The van der Waals surface area contributed by atoms with E-state index in [4.69, 9.17) is 21.1 Å². The minimum Gasteiger partial charge on any atom is -0.490 e. The van der Waals surface area contributed by atoms with E-state index in [9.17, 15) is 9.59 Å². The first-order valence-corrected chi connectivity index (χ1v) is 13.0. The van der Waals surface area contributed by atoms with Crippen molar-refractivity contribution in [2.75, 3.05) is 13.2 Å². The lowest BCUT2D eigenvalue weighted by Gasteiger charge is -2.30. The smallest absolute Gasteiger partial charge is 0.242 e. The first-order valence-electron chi connectivity index (χ1n) is 12.6. The van der Waals surface area contributed by atoms with Crippen molar-refractivity contribution in [1.82, 2.24) is 10.2 Å². The molecular weight excluding hydrogens is 464 g/mol. The molecule has 1 aliphatic carbocycles. The van der Waals surface area contributed by atoms with Gasteiger partial charge in [0.1, 0.15) is 6.04 Å². The molecule has 0 bridgehead atoms. The highest BCUT2D eigenvalue weighted by Crippen LogP contribution is 2.29. The summed E-state index contributed by atoms with van der Waals surface area (Å²) >= 11 is 6.39. The zero-order valence-electron chi connectivity index (χ0n) is 21.0. The normalized spacial score (nSPS) is 14.4. The lowest BCUT2D eigenvalue weighted by molar-refractivity contribution is -0.140. The number of nitrogens with zero attached hydrogens (tertiary/aromatic N) is 1. The number of ether oxygens (including phenoxy) is 2. The van der Waals surface area contributed by atoms with E-state index in [1.54, 1.807) is 17.9 Å². The summed E-state index contributed by atoms with van der Waals surface area (Å²) in [6, 6.07) is 12.8. The van der Waals surface area contributed by atoms with Gasteiger partial charge in [-0.3, -0.25) is 9.59 Å². The number of hydrogen-bond acceptors (Lipinski definition) is 4. The largest absolute Gasteiger partial charge is 0.490 e. The van der Waals surface area contributed by atoms with Crippen molar-refractivity contribution in [3.05, 3.63) is 58.6 Å². The second-order valence-corrected chi connectivity index (χ2v) is 9.33. The van der Waals surface area contributed by atoms with E-state index in [2.05, 4.69) is 5.32 Å². The topological polar surface area (TPSA) is 67.9 Å². The quantitative estimate of drug-likeness (QED) is 0.415. The average Bonchev–Trinajstić information content (AvgIpc) is 3.36. The van der Waals surface area contributed by atoms with Crippen molar-refractivity contribution in [1.29, 1.82) is 0 Å². The van der Waals surface area contributed by atoms with Crippen molar-refractivity contribution < 1.29 is 19.1 Å². The third kappa shape index (κ3) is 7.63. The average molecular weight is 501 g/mol. The SMILES string of the molecule is CCOc1ccc(CCC(=O)N(Cc2ccccc2Cl)[C@@H](C)C(=O)NC2CCCC2)cc1OCC. The van der Waals surface area contributed by atoms with Crippen LogP contribution >= 0.6 is 11.6 Å². The van der Waals surface area contributed by atoms with E-state index in [0.29, 0.717) is 36.2 Å². The molecule has 190 valence electrons. The predicted molar refractivity (Wildman–Crippen MR) is 139 cm³/mol. The maximum atomic E-state index is 13.4. The second-order valence-electron chi connectivity index (χ2n) is 8.93. The molecule has 2 aromatic carbocycles. The van der Waals surface area contributed by atoms with E-state index in [1.165, 1.54) is 0 Å². The fourth-order valence-electron chi connectivity index (χ4n) is 4.43. The summed E-state index contributed by atoms with van der Waals surface area (Å²) in [5, 5.41) is 3.72. The minimum absolute atomic E-state index is 0.0918. The molecule has 0 heterocycles. The number of carbonyl (C=O) groups excluding carboxylic acids is 2. The van der Waals surface area contributed by atoms with Crippen molar-refractivity contribution in [2.24, 2.45) is 0 Å². The van der Waals surface area contributed by atoms with Gasteiger partial charge in [-0.05, 0) is 69.4 Å². The van der Waals surface area contributed by atoms with Crippen LogP contribution < -0.4 is 14.8 Å². The van der Waals surface area contributed by atoms with Crippen LogP contribution in [0.2, 0.25) is 5.02 Å². The van der Waals surface area contributed by atoms with Crippen molar-refractivity contribution >= 4 is 23.4 Å². The molecule has 35 heavy (non-hydrogen) atoms. The summed E-state index contributed by atoms with van der Waals surface area (Å²) in [5.74, 6) is 1.17. The fourth-order valence-corrected chi connectivity index (χ4v) is 4.63. The Hall–Kier alpha value is -2.73. The number of nitrogens with one attached hydrogen (secondary N) is 1. The lowest BCUT2D eigenvalue weighted by Crippen LogP contribution is -2.49. The molecule has 3 rings (SSSR count). The van der Waals surface area contributed by atoms with Crippen molar-refractivity contribution in [2.45, 2.75) is 77.9 Å². The molecule has 7 heteroatoms. The molecule has 0 aromatic heterocycles. The minimum atomic E-state index is -0.598. The van der Waals surface area contributed by atoms with Gasteiger partial charge < -0.3 is 19.7 Å². The Kier molecular flexibility index (Phi) is 10.3. The lowest BCUT2D eigenvalue weighted by atomic mass is 10.1. The van der Waals surface area contributed by atoms with E-state index in [0.717, 1.165) is 36.8 Å². The van der Waals surface area contributed by atoms with Gasteiger partial charge in [0.15, 0.2) is 11.5 Å². The Morgan fingerprint density at radius 1 is 1.06 bits per heavy atom. The van der Waals surface area contributed by atoms with Crippen LogP contribution in [0.25, 0.3) is 0 Å². The molecule has 1 aliphatic rings. The van der Waals surface area contributed by atoms with Gasteiger partial charge in [-0.2, -0.15) is 0 Å². The number of hydrogen-bond donors (Lipinski definition) is 1. The molecular formula is C28H37ClN2O4. The van der Waals surface area contributed by atoms with Gasteiger partial charge in [-0.1, -0.05) is 48.7 Å². The molecule has 0 spiro atoms. The molecule has 0 unspecified atom stereocenters. The molecule has 0 radical (unpaired) electrons. The van der Waals surface area contributed by atoms with Gasteiger partial charge in [-0.15, -0.1) is 0 Å². The molecule has 0 aliphatic heterocycles. The van der Waals surface area contributed by atoms with Crippen molar-refractivity contribution in [3.63, 3.8) is 0 Å². The van der Waals surface area contributed by atoms with Gasteiger partial charge in [0, 0.05) is 24.0 Å². The molecule has 6 nitrogen and oxygen atoms in total. The Morgan fingerprint density at radius 2 is 1.74 bits per heavy atom. The standard InChI is InChI=1S/C28H37ClN2O4/c1-4-34-25-16-14-21(18-26(25)35-5-2)15-17-27(32)31(19-22-10-6-9-13-24(22)29)20(3)28(33)30-23-11-7-8-12-23/h6,9-10,13-14,16,18,20,23H,4-5,7-8,11-12,15,17,19H2,1-3H3,(H,30,33)/t20-/m0/s1. The second kappa shape index (κ2) is 13.4. The van der Waals surface area contributed by atoms with E-state index in [1.807, 2.05) is 50.2 Å². The van der Waals surface area contributed by atoms with Crippen LogP contribution in [0.4, 0.5) is 0 Å². The molecule has 1 saturated carbocycles. The van der Waals surface area contributed by atoms with Crippen LogP contribution in [-0.4, -0.2) is 42.0 Å². The number of halogens is 1. The van der Waals surface area contributed by atoms with E-state index in [-0.39, 0.29) is 30.8 Å². The maximum Gasteiger partial charge on any atom is 0.242 e. The van der Waals surface area contributed by atoms with Crippen LogP contribution in [0.15, 0.2) is 42.5 Å². The Balaban J connectivity index is 1.73. The maximum absolute atomic E-state index is 13.4. The molecule has 1 N–H and O–H groups in total. The molecule has 1 fully saturated rings. The van der Waals surface area contributed by atoms with Crippen LogP contribution in [0.1, 0.15) is 64.0 Å². The zero-order chi connectivity index (χ0) is 25.2. The van der Waals surface area contributed by atoms with Crippen LogP contribution in [-0.2, 0) is 22.6 Å². The summed E-state index contributed by atoms with van der Waals surface area (Å²) in [6.45, 7) is 7.02. The first-order chi connectivity index (χ1) is 16.9. The summed E-state index contributed by atoms with van der Waals surface area (Å²) < 4.78 is 11.4. The van der Waals surface area contributed by atoms with Gasteiger partial charge in [0.25, 0.3) is 0 Å². The molecule has 2 amide bonds. The third-order valence-electron chi connectivity index (χ3n) is 6.40. The van der Waals surface area contributed by atoms with Crippen LogP contribution in [0.3, 0.4) is 0 Å². The van der Waals surface area contributed by atoms with Gasteiger partial charge >= 0.3 is 0 Å². The van der Waals surface area contributed by atoms with Gasteiger partial charge in [0.2, 0.25) is 11.8 Å². The number of benzene rings is 2. The van der Waals surface area contributed by atoms with Crippen molar-refractivity contribution in [3.8, 4) is 11.5 Å². The number of rotatable bonds is 12. The first kappa shape index (κ1) is 26.9. The third-order valence-corrected chi connectivity index (χ3v) is 6.77. The monoisotopic (exact) mass is 500 g/mol. The van der Waals surface area contributed by atoms with E-state index >= 15 is 0 Å². The Labute approximate surface area is 213 Å². The molecule has 1 atom stereocenters.